The van der Waals surface area contributed by atoms with Crippen molar-refractivity contribution in [2.24, 2.45) is 0 Å². The first-order chi connectivity index (χ1) is 11.5. The normalized spacial score (nSPS) is 12.5. The molecule has 0 bridgehead atoms. The monoisotopic (exact) mass is 339 g/mol. The summed E-state index contributed by atoms with van der Waals surface area (Å²) in [5.41, 5.74) is 5.17. The standard InChI is InChI=1S/C19H14FNO2S/c20-15-5-8-17(9-6-15)24(22,23)21-16-7-10-19-14(12-16)11-13-3-1-2-4-18(13)19/h1-10,12,21H,11H2. The van der Waals surface area contributed by atoms with E-state index >= 15 is 0 Å². The Morgan fingerprint density at radius 3 is 2.33 bits per heavy atom. The Morgan fingerprint density at radius 1 is 0.833 bits per heavy atom. The van der Waals surface area contributed by atoms with Gasteiger partial charge < -0.3 is 0 Å². The van der Waals surface area contributed by atoms with E-state index in [1.54, 1.807) is 6.07 Å². The highest BCUT2D eigenvalue weighted by Gasteiger charge is 2.20. The Balaban J connectivity index is 1.65. The van der Waals surface area contributed by atoms with Crippen LogP contribution in [0.25, 0.3) is 11.1 Å². The Kier molecular flexibility index (Phi) is 3.39. The Bertz CT molecular complexity index is 1030. The smallest absolute Gasteiger partial charge is 0.261 e. The highest BCUT2D eigenvalue weighted by molar-refractivity contribution is 7.92. The molecule has 0 amide bonds. The third kappa shape index (κ3) is 2.57. The van der Waals surface area contributed by atoms with Gasteiger partial charge in [0.25, 0.3) is 10.0 Å². The van der Waals surface area contributed by atoms with Gasteiger partial charge in [0, 0.05) is 5.69 Å². The summed E-state index contributed by atoms with van der Waals surface area (Å²) < 4.78 is 40.3. The van der Waals surface area contributed by atoms with Crippen molar-refractivity contribution in [1.82, 2.24) is 0 Å². The lowest BCUT2D eigenvalue weighted by atomic mass is 10.1. The molecule has 24 heavy (non-hydrogen) atoms. The van der Waals surface area contributed by atoms with Crippen molar-refractivity contribution in [2.75, 3.05) is 4.72 Å². The summed E-state index contributed by atoms with van der Waals surface area (Å²) >= 11 is 0. The molecule has 0 atom stereocenters. The molecule has 0 heterocycles. The van der Waals surface area contributed by atoms with E-state index in [4.69, 9.17) is 0 Å². The van der Waals surface area contributed by atoms with Crippen molar-refractivity contribution in [3.05, 3.63) is 83.7 Å². The lowest BCUT2D eigenvalue weighted by Crippen LogP contribution is -2.13. The summed E-state index contributed by atoms with van der Waals surface area (Å²) in [6.07, 6.45) is 0.789. The number of fused-ring (bicyclic) bond motifs is 3. The first-order valence-corrected chi connectivity index (χ1v) is 9.01. The highest BCUT2D eigenvalue weighted by atomic mass is 32.2. The van der Waals surface area contributed by atoms with Crippen molar-refractivity contribution in [3.8, 4) is 11.1 Å². The maximum atomic E-state index is 13.0. The fourth-order valence-corrected chi connectivity index (χ4v) is 4.09. The van der Waals surface area contributed by atoms with Crippen molar-refractivity contribution in [1.29, 1.82) is 0 Å². The third-order valence-electron chi connectivity index (χ3n) is 4.17. The molecule has 4 rings (SSSR count). The number of sulfonamides is 1. The molecule has 3 aromatic carbocycles. The van der Waals surface area contributed by atoms with Crippen LogP contribution >= 0.6 is 0 Å². The van der Waals surface area contributed by atoms with E-state index < -0.39 is 15.8 Å². The number of rotatable bonds is 3. The quantitative estimate of drug-likeness (QED) is 0.608. The van der Waals surface area contributed by atoms with E-state index in [0.29, 0.717) is 5.69 Å². The molecule has 0 saturated heterocycles. The van der Waals surface area contributed by atoms with Crippen LogP contribution in [0.15, 0.2) is 71.6 Å². The topological polar surface area (TPSA) is 46.2 Å². The number of halogens is 1. The second kappa shape index (κ2) is 5.46. The second-order valence-corrected chi connectivity index (χ2v) is 7.45. The lowest BCUT2D eigenvalue weighted by molar-refractivity contribution is 0.599. The number of hydrogen-bond acceptors (Lipinski definition) is 2. The van der Waals surface area contributed by atoms with Gasteiger partial charge in [-0.25, -0.2) is 12.8 Å². The average molecular weight is 339 g/mol. The molecule has 0 spiro atoms. The van der Waals surface area contributed by atoms with E-state index in [1.807, 2.05) is 24.3 Å². The van der Waals surface area contributed by atoms with E-state index in [-0.39, 0.29) is 4.90 Å². The van der Waals surface area contributed by atoms with Gasteiger partial charge in [0.15, 0.2) is 0 Å². The summed E-state index contributed by atoms with van der Waals surface area (Å²) in [7, 11) is -3.73. The Labute approximate surface area is 139 Å². The van der Waals surface area contributed by atoms with Gasteiger partial charge in [0.1, 0.15) is 5.82 Å². The van der Waals surface area contributed by atoms with Gasteiger partial charge in [-0.05, 0) is 65.1 Å². The zero-order chi connectivity index (χ0) is 16.7. The summed E-state index contributed by atoms with van der Waals surface area (Å²) in [4.78, 5) is 0.0349. The molecular weight excluding hydrogens is 325 g/mol. The average Bonchev–Trinajstić information content (AvgIpc) is 2.92. The first-order valence-electron chi connectivity index (χ1n) is 7.52. The highest BCUT2D eigenvalue weighted by Crippen LogP contribution is 2.37. The molecule has 120 valence electrons. The molecule has 1 N–H and O–H groups in total. The summed E-state index contributed by atoms with van der Waals surface area (Å²) in [5, 5.41) is 0. The van der Waals surface area contributed by atoms with Gasteiger partial charge in [-0.2, -0.15) is 0 Å². The number of nitrogens with one attached hydrogen (secondary N) is 1. The number of anilines is 1. The minimum Gasteiger partial charge on any atom is -0.280 e. The molecule has 0 fully saturated rings. The van der Waals surface area contributed by atoms with E-state index in [1.165, 1.54) is 23.3 Å². The first kappa shape index (κ1) is 14.9. The van der Waals surface area contributed by atoms with Gasteiger partial charge in [-0.1, -0.05) is 30.3 Å². The molecule has 1 aliphatic carbocycles. The fourth-order valence-electron chi connectivity index (χ4n) is 3.04. The molecule has 0 radical (unpaired) electrons. The predicted molar refractivity (Wildman–Crippen MR) is 91.9 cm³/mol. The van der Waals surface area contributed by atoms with Crippen LogP contribution in [0.1, 0.15) is 11.1 Å². The van der Waals surface area contributed by atoms with Crippen molar-refractivity contribution >= 4 is 15.7 Å². The van der Waals surface area contributed by atoms with E-state index in [0.717, 1.165) is 29.7 Å². The molecule has 3 nitrogen and oxygen atoms in total. The number of hydrogen-bond donors (Lipinski definition) is 1. The van der Waals surface area contributed by atoms with Crippen molar-refractivity contribution in [2.45, 2.75) is 11.3 Å². The van der Waals surface area contributed by atoms with Crippen LogP contribution in [0, 0.1) is 5.82 Å². The van der Waals surface area contributed by atoms with Gasteiger partial charge in [-0.3, -0.25) is 4.72 Å². The summed E-state index contributed by atoms with van der Waals surface area (Å²) in [6.45, 7) is 0. The van der Waals surface area contributed by atoms with Crippen LogP contribution in [0.2, 0.25) is 0 Å². The minimum absolute atomic E-state index is 0.0349. The van der Waals surface area contributed by atoms with Crippen molar-refractivity contribution in [3.63, 3.8) is 0 Å². The molecule has 0 unspecified atom stereocenters. The molecule has 0 aromatic heterocycles. The second-order valence-electron chi connectivity index (χ2n) is 5.77. The van der Waals surface area contributed by atoms with Gasteiger partial charge in [-0.15, -0.1) is 0 Å². The number of benzene rings is 3. The zero-order valence-corrected chi connectivity index (χ0v) is 13.5. The van der Waals surface area contributed by atoms with Crippen LogP contribution in [0.4, 0.5) is 10.1 Å². The molecular formula is C19H14FNO2S. The fraction of sp³-hybridized carbons (Fsp3) is 0.0526. The largest absolute Gasteiger partial charge is 0.280 e. The Morgan fingerprint density at radius 2 is 1.54 bits per heavy atom. The zero-order valence-electron chi connectivity index (χ0n) is 12.7. The predicted octanol–water partition coefficient (Wildman–Crippen LogP) is 4.20. The summed E-state index contributed by atoms with van der Waals surface area (Å²) in [5.74, 6) is -0.468. The van der Waals surface area contributed by atoms with Crippen LogP contribution in [-0.2, 0) is 16.4 Å². The molecule has 5 heteroatoms. The van der Waals surface area contributed by atoms with E-state index in [9.17, 15) is 12.8 Å². The lowest BCUT2D eigenvalue weighted by Gasteiger charge is -2.10. The minimum atomic E-state index is -3.73. The maximum Gasteiger partial charge on any atom is 0.261 e. The molecule has 0 aliphatic heterocycles. The van der Waals surface area contributed by atoms with Crippen LogP contribution in [-0.4, -0.2) is 8.42 Å². The Hall–Kier alpha value is -2.66. The SMILES string of the molecule is O=S(=O)(Nc1ccc2c(c1)Cc1ccccc1-2)c1ccc(F)cc1. The van der Waals surface area contributed by atoms with Gasteiger partial charge in [0.05, 0.1) is 4.90 Å². The van der Waals surface area contributed by atoms with Gasteiger partial charge >= 0.3 is 0 Å². The van der Waals surface area contributed by atoms with E-state index in [2.05, 4.69) is 16.9 Å². The maximum absolute atomic E-state index is 13.0. The van der Waals surface area contributed by atoms with Crippen LogP contribution in [0.3, 0.4) is 0 Å². The molecule has 0 saturated carbocycles. The molecule has 1 aliphatic rings. The van der Waals surface area contributed by atoms with Crippen molar-refractivity contribution < 1.29 is 12.8 Å². The summed E-state index contributed by atoms with van der Waals surface area (Å²) in [6, 6.07) is 18.5. The van der Waals surface area contributed by atoms with Crippen LogP contribution < -0.4 is 4.72 Å². The molecule has 3 aromatic rings. The van der Waals surface area contributed by atoms with Crippen LogP contribution in [0.5, 0.6) is 0 Å². The third-order valence-corrected chi connectivity index (χ3v) is 5.57. The van der Waals surface area contributed by atoms with Gasteiger partial charge in [0.2, 0.25) is 0 Å².